The average Bonchev–Trinajstić information content (AvgIpc) is 2.95. The van der Waals surface area contributed by atoms with Crippen LogP contribution in [0.2, 0.25) is 0 Å². The fourth-order valence-corrected chi connectivity index (χ4v) is 3.43. The standard InChI is InChI=1S/C16H21FN4S2.HI/c1-11-19-8-15(23-11)9-21-16(18-2)20-7-12-4-5-14(17)6-13(12)10-22-3;/h4-6,8H,7,9-10H2,1-3H3,(H2,18,20,21);1H. The summed E-state index contributed by atoms with van der Waals surface area (Å²) >= 11 is 3.35. The summed E-state index contributed by atoms with van der Waals surface area (Å²) < 4.78 is 13.4. The van der Waals surface area contributed by atoms with Crippen molar-refractivity contribution in [3.05, 3.63) is 51.2 Å². The zero-order chi connectivity index (χ0) is 16.7. The number of aryl methyl sites for hydroxylation is 1. The molecule has 0 radical (unpaired) electrons. The smallest absolute Gasteiger partial charge is 0.191 e. The third-order valence-electron chi connectivity index (χ3n) is 3.24. The molecule has 2 N–H and O–H groups in total. The molecule has 1 heterocycles. The Morgan fingerprint density at radius 3 is 2.67 bits per heavy atom. The van der Waals surface area contributed by atoms with Crippen LogP contribution in [0.15, 0.2) is 29.4 Å². The molecular weight excluding hydrogens is 458 g/mol. The maximum Gasteiger partial charge on any atom is 0.191 e. The summed E-state index contributed by atoms with van der Waals surface area (Å²) in [5, 5.41) is 7.59. The summed E-state index contributed by atoms with van der Waals surface area (Å²) in [5.41, 5.74) is 2.09. The lowest BCUT2D eigenvalue weighted by atomic mass is 10.1. The van der Waals surface area contributed by atoms with Crippen LogP contribution in [0, 0.1) is 12.7 Å². The molecule has 2 rings (SSSR count). The molecule has 8 heteroatoms. The molecule has 0 saturated heterocycles. The van der Waals surface area contributed by atoms with Crippen LogP contribution < -0.4 is 10.6 Å². The van der Waals surface area contributed by atoms with Gasteiger partial charge in [-0.3, -0.25) is 4.99 Å². The number of thiazole rings is 1. The fraction of sp³-hybridized carbons (Fsp3) is 0.375. The fourth-order valence-electron chi connectivity index (χ4n) is 2.11. The second kappa shape index (κ2) is 10.9. The van der Waals surface area contributed by atoms with Crippen molar-refractivity contribution in [3.8, 4) is 0 Å². The van der Waals surface area contributed by atoms with E-state index in [4.69, 9.17) is 0 Å². The highest BCUT2D eigenvalue weighted by Crippen LogP contribution is 2.16. The topological polar surface area (TPSA) is 49.3 Å². The third kappa shape index (κ3) is 6.56. The molecule has 132 valence electrons. The Morgan fingerprint density at radius 2 is 2.04 bits per heavy atom. The van der Waals surface area contributed by atoms with Crippen molar-refractivity contribution >= 4 is 53.0 Å². The quantitative estimate of drug-likeness (QED) is 0.374. The van der Waals surface area contributed by atoms with E-state index in [9.17, 15) is 4.39 Å². The summed E-state index contributed by atoms with van der Waals surface area (Å²) in [4.78, 5) is 9.61. The lowest BCUT2D eigenvalue weighted by Crippen LogP contribution is -2.36. The Morgan fingerprint density at radius 1 is 1.29 bits per heavy atom. The number of halogens is 2. The van der Waals surface area contributed by atoms with Crippen molar-refractivity contribution in [3.63, 3.8) is 0 Å². The Balaban J connectivity index is 0.00000288. The van der Waals surface area contributed by atoms with Crippen LogP contribution in [-0.4, -0.2) is 24.2 Å². The van der Waals surface area contributed by atoms with E-state index in [0.29, 0.717) is 13.1 Å². The van der Waals surface area contributed by atoms with Crippen molar-refractivity contribution in [2.24, 2.45) is 4.99 Å². The van der Waals surface area contributed by atoms with E-state index in [1.54, 1.807) is 36.2 Å². The second-order valence-corrected chi connectivity index (χ2v) is 7.16. The third-order valence-corrected chi connectivity index (χ3v) is 4.75. The summed E-state index contributed by atoms with van der Waals surface area (Å²) in [5.74, 6) is 1.32. The molecule has 1 aromatic carbocycles. The van der Waals surface area contributed by atoms with E-state index in [-0.39, 0.29) is 29.8 Å². The first-order chi connectivity index (χ1) is 11.1. The van der Waals surface area contributed by atoms with E-state index in [2.05, 4.69) is 20.6 Å². The van der Waals surface area contributed by atoms with Crippen LogP contribution in [0.5, 0.6) is 0 Å². The highest BCUT2D eigenvalue weighted by molar-refractivity contribution is 14.0. The lowest BCUT2D eigenvalue weighted by molar-refractivity contribution is 0.625. The van der Waals surface area contributed by atoms with Gasteiger partial charge in [0.1, 0.15) is 5.82 Å². The number of aromatic nitrogens is 1. The Hall–Kier alpha value is -0.870. The maximum atomic E-state index is 13.4. The normalized spacial score (nSPS) is 11.1. The Kier molecular flexibility index (Phi) is 9.60. The van der Waals surface area contributed by atoms with Crippen molar-refractivity contribution in [2.45, 2.75) is 25.8 Å². The molecule has 0 saturated carbocycles. The highest BCUT2D eigenvalue weighted by atomic mass is 127. The monoisotopic (exact) mass is 480 g/mol. The molecule has 1 aromatic heterocycles. The number of rotatable bonds is 6. The van der Waals surface area contributed by atoms with Gasteiger partial charge in [0.2, 0.25) is 0 Å². The first-order valence-corrected chi connectivity index (χ1v) is 9.45. The van der Waals surface area contributed by atoms with Crippen LogP contribution in [0.3, 0.4) is 0 Å². The molecule has 2 aromatic rings. The van der Waals surface area contributed by atoms with Crippen LogP contribution in [0.25, 0.3) is 0 Å². The van der Waals surface area contributed by atoms with Gasteiger partial charge >= 0.3 is 0 Å². The number of benzene rings is 1. The molecule has 0 unspecified atom stereocenters. The largest absolute Gasteiger partial charge is 0.352 e. The summed E-state index contributed by atoms with van der Waals surface area (Å²) in [6, 6.07) is 4.93. The number of nitrogens with zero attached hydrogens (tertiary/aromatic N) is 2. The lowest BCUT2D eigenvalue weighted by Gasteiger charge is -2.13. The molecule has 0 amide bonds. The van der Waals surface area contributed by atoms with Gasteiger partial charge in [-0.15, -0.1) is 35.3 Å². The first kappa shape index (κ1) is 21.2. The van der Waals surface area contributed by atoms with Crippen LogP contribution in [-0.2, 0) is 18.8 Å². The van der Waals surface area contributed by atoms with Gasteiger partial charge in [0.05, 0.1) is 11.6 Å². The Labute approximate surface area is 167 Å². The van der Waals surface area contributed by atoms with E-state index in [0.717, 1.165) is 32.7 Å². The minimum Gasteiger partial charge on any atom is -0.352 e. The van der Waals surface area contributed by atoms with Gasteiger partial charge in [-0.2, -0.15) is 11.8 Å². The van der Waals surface area contributed by atoms with Crippen LogP contribution in [0.1, 0.15) is 21.0 Å². The average molecular weight is 480 g/mol. The van der Waals surface area contributed by atoms with Gasteiger partial charge < -0.3 is 10.6 Å². The van der Waals surface area contributed by atoms with Crippen molar-refractivity contribution in [2.75, 3.05) is 13.3 Å². The predicted molar refractivity (Wildman–Crippen MR) is 113 cm³/mol. The number of guanidine groups is 1. The molecule has 0 aliphatic rings. The number of aliphatic imine (C=N–C) groups is 1. The molecule has 0 aliphatic carbocycles. The number of hydrogen-bond acceptors (Lipinski definition) is 4. The molecule has 0 atom stereocenters. The Bertz CT molecular complexity index is 676. The van der Waals surface area contributed by atoms with Crippen LogP contribution >= 0.6 is 47.1 Å². The van der Waals surface area contributed by atoms with E-state index < -0.39 is 0 Å². The van der Waals surface area contributed by atoms with Gasteiger partial charge in [-0.05, 0) is 36.4 Å². The number of hydrogen-bond donors (Lipinski definition) is 2. The minimum absolute atomic E-state index is 0. The summed E-state index contributed by atoms with van der Waals surface area (Å²) in [6.07, 6.45) is 3.89. The summed E-state index contributed by atoms with van der Waals surface area (Å²) in [7, 11) is 1.74. The predicted octanol–water partition coefficient (Wildman–Crippen LogP) is 3.94. The molecule has 0 bridgehead atoms. The number of thioether (sulfide) groups is 1. The van der Waals surface area contributed by atoms with Crippen molar-refractivity contribution < 1.29 is 4.39 Å². The van der Waals surface area contributed by atoms with Crippen molar-refractivity contribution in [1.82, 2.24) is 15.6 Å². The zero-order valence-corrected chi connectivity index (χ0v) is 17.9. The van der Waals surface area contributed by atoms with Crippen LogP contribution in [0.4, 0.5) is 4.39 Å². The zero-order valence-electron chi connectivity index (χ0n) is 13.9. The SMILES string of the molecule is CN=C(NCc1cnc(C)s1)NCc1ccc(F)cc1CSC.I. The molecule has 4 nitrogen and oxygen atoms in total. The highest BCUT2D eigenvalue weighted by Gasteiger charge is 2.06. The van der Waals surface area contributed by atoms with E-state index in [1.807, 2.05) is 25.4 Å². The molecule has 0 aliphatic heterocycles. The molecule has 24 heavy (non-hydrogen) atoms. The van der Waals surface area contributed by atoms with Crippen molar-refractivity contribution in [1.29, 1.82) is 0 Å². The van der Waals surface area contributed by atoms with Gasteiger partial charge in [-0.25, -0.2) is 9.37 Å². The van der Waals surface area contributed by atoms with E-state index >= 15 is 0 Å². The maximum absolute atomic E-state index is 13.4. The summed E-state index contributed by atoms with van der Waals surface area (Å²) in [6.45, 7) is 3.28. The minimum atomic E-state index is -0.194. The van der Waals surface area contributed by atoms with Gasteiger partial charge in [0.15, 0.2) is 5.96 Å². The molecule has 0 fully saturated rings. The molecular formula is C16H22FIN4S2. The molecule has 0 spiro atoms. The first-order valence-electron chi connectivity index (χ1n) is 7.24. The second-order valence-electron chi connectivity index (χ2n) is 4.97. The van der Waals surface area contributed by atoms with Gasteiger partial charge in [0, 0.05) is 30.4 Å². The van der Waals surface area contributed by atoms with Gasteiger partial charge in [-0.1, -0.05) is 6.07 Å². The van der Waals surface area contributed by atoms with E-state index in [1.165, 1.54) is 6.07 Å². The van der Waals surface area contributed by atoms with Gasteiger partial charge in [0.25, 0.3) is 0 Å². The number of nitrogens with one attached hydrogen (secondary N) is 2.